The Labute approximate surface area is 127 Å². The van der Waals surface area contributed by atoms with E-state index in [0.717, 1.165) is 23.0 Å². The average molecular weight is 371 g/mol. The van der Waals surface area contributed by atoms with Crippen molar-refractivity contribution in [3.8, 4) is 5.75 Å². The van der Waals surface area contributed by atoms with E-state index in [9.17, 15) is 9.90 Å². The second-order valence-electron chi connectivity index (χ2n) is 5.57. The lowest BCUT2D eigenvalue weighted by atomic mass is 9.91. The summed E-state index contributed by atoms with van der Waals surface area (Å²) < 4.78 is 0.784. The monoisotopic (exact) mass is 371 g/mol. The molecular formula is C15H18INO2. The number of benzene rings is 1. The summed E-state index contributed by atoms with van der Waals surface area (Å²) >= 11 is 2.07. The highest BCUT2D eigenvalue weighted by atomic mass is 127. The number of phenolic OH excluding ortho intramolecular Hbond substituents is 1. The van der Waals surface area contributed by atoms with Crippen LogP contribution in [0.25, 0.3) is 0 Å². The minimum atomic E-state index is 0.0864. The van der Waals surface area contributed by atoms with Crippen LogP contribution in [0.4, 0.5) is 0 Å². The van der Waals surface area contributed by atoms with E-state index in [1.807, 2.05) is 11.0 Å². The molecule has 0 aromatic heterocycles. The fraction of sp³-hybridized carbons (Fsp3) is 0.533. The van der Waals surface area contributed by atoms with E-state index in [4.69, 9.17) is 0 Å². The van der Waals surface area contributed by atoms with Gasteiger partial charge >= 0.3 is 0 Å². The summed E-state index contributed by atoms with van der Waals surface area (Å²) in [6.45, 7) is 0.868. The molecule has 19 heavy (non-hydrogen) atoms. The zero-order valence-electron chi connectivity index (χ0n) is 10.8. The van der Waals surface area contributed by atoms with E-state index in [-0.39, 0.29) is 11.7 Å². The number of phenols is 1. The van der Waals surface area contributed by atoms with Crippen LogP contribution in [0.1, 0.15) is 42.5 Å². The Morgan fingerprint density at radius 1 is 1.26 bits per heavy atom. The predicted molar refractivity (Wildman–Crippen MR) is 82.2 cm³/mol. The SMILES string of the molecule is O=C(c1ccc(I)c(O)c1)N1CCCC2CCCC21. The van der Waals surface area contributed by atoms with Gasteiger partial charge in [0.2, 0.25) is 0 Å². The molecule has 1 saturated heterocycles. The molecule has 102 valence electrons. The maximum absolute atomic E-state index is 12.6. The van der Waals surface area contributed by atoms with Crippen LogP contribution in [0.15, 0.2) is 18.2 Å². The van der Waals surface area contributed by atoms with Crippen molar-refractivity contribution in [2.24, 2.45) is 5.92 Å². The van der Waals surface area contributed by atoms with Gasteiger partial charge in [0.25, 0.3) is 5.91 Å². The summed E-state index contributed by atoms with van der Waals surface area (Å²) in [5, 5.41) is 9.76. The van der Waals surface area contributed by atoms with Crippen LogP contribution in [0.2, 0.25) is 0 Å². The Morgan fingerprint density at radius 3 is 2.84 bits per heavy atom. The Bertz CT molecular complexity index is 503. The van der Waals surface area contributed by atoms with Crippen molar-refractivity contribution in [1.82, 2.24) is 4.90 Å². The van der Waals surface area contributed by atoms with Gasteiger partial charge in [0.15, 0.2) is 0 Å². The first-order valence-electron chi connectivity index (χ1n) is 6.96. The minimum absolute atomic E-state index is 0.0864. The van der Waals surface area contributed by atoms with Gasteiger partial charge < -0.3 is 10.0 Å². The highest BCUT2D eigenvalue weighted by molar-refractivity contribution is 14.1. The van der Waals surface area contributed by atoms with Crippen LogP contribution in [0.3, 0.4) is 0 Å². The predicted octanol–water partition coefficient (Wildman–Crippen LogP) is 3.40. The summed E-state index contributed by atoms with van der Waals surface area (Å²) in [6, 6.07) is 5.66. The maximum Gasteiger partial charge on any atom is 0.254 e. The normalized spacial score (nSPS) is 26.3. The molecule has 1 aromatic rings. The van der Waals surface area contributed by atoms with Gasteiger partial charge in [-0.25, -0.2) is 0 Å². The number of halogens is 1. The molecule has 1 N–H and O–H groups in total. The van der Waals surface area contributed by atoms with Gasteiger partial charge in [-0.3, -0.25) is 4.79 Å². The second-order valence-corrected chi connectivity index (χ2v) is 6.73. The molecule has 1 saturated carbocycles. The van der Waals surface area contributed by atoms with Crippen LogP contribution >= 0.6 is 22.6 Å². The Balaban J connectivity index is 1.84. The van der Waals surface area contributed by atoms with Crippen LogP contribution in [0.5, 0.6) is 5.75 Å². The minimum Gasteiger partial charge on any atom is -0.507 e. The molecule has 3 rings (SSSR count). The number of nitrogens with zero attached hydrogens (tertiary/aromatic N) is 1. The number of carbonyl (C=O) groups excluding carboxylic acids is 1. The molecule has 1 aliphatic carbocycles. The van der Waals surface area contributed by atoms with Crippen LogP contribution < -0.4 is 0 Å². The molecular weight excluding hydrogens is 353 g/mol. The third-order valence-corrected chi connectivity index (χ3v) is 5.36. The van der Waals surface area contributed by atoms with Gasteiger partial charge in [-0.1, -0.05) is 6.42 Å². The van der Waals surface area contributed by atoms with Gasteiger partial charge in [0, 0.05) is 18.2 Å². The first-order chi connectivity index (χ1) is 9.16. The molecule has 2 unspecified atom stereocenters. The van der Waals surface area contributed by atoms with Crippen molar-refractivity contribution in [3.63, 3.8) is 0 Å². The van der Waals surface area contributed by atoms with Crippen molar-refractivity contribution in [2.75, 3.05) is 6.54 Å². The number of carbonyl (C=O) groups is 1. The van der Waals surface area contributed by atoms with E-state index in [2.05, 4.69) is 22.6 Å². The zero-order valence-corrected chi connectivity index (χ0v) is 13.0. The van der Waals surface area contributed by atoms with Crippen molar-refractivity contribution in [1.29, 1.82) is 0 Å². The first kappa shape index (κ1) is 13.2. The van der Waals surface area contributed by atoms with Crippen molar-refractivity contribution < 1.29 is 9.90 Å². The number of amides is 1. The number of piperidine rings is 1. The third-order valence-electron chi connectivity index (χ3n) is 4.45. The van der Waals surface area contributed by atoms with Gasteiger partial charge in [0.1, 0.15) is 5.75 Å². The fourth-order valence-corrected chi connectivity index (χ4v) is 3.85. The van der Waals surface area contributed by atoms with Gasteiger partial charge in [-0.05, 0) is 72.4 Å². The highest BCUT2D eigenvalue weighted by Gasteiger charge is 2.37. The zero-order chi connectivity index (χ0) is 13.4. The summed E-state index contributed by atoms with van der Waals surface area (Å²) in [7, 11) is 0. The van der Waals surface area contributed by atoms with Gasteiger partial charge in [0.05, 0.1) is 3.57 Å². The standard InChI is InChI=1S/C15H18INO2/c16-12-7-6-11(9-14(12)18)15(19)17-8-2-4-10-3-1-5-13(10)17/h6-7,9-10,13,18H,1-5,8H2. The van der Waals surface area contributed by atoms with Gasteiger partial charge in [-0.15, -0.1) is 0 Å². The number of hydrogen-bond acceptors (Lipinski definition) is 2. The van der Waals surface area contributed by atoms with Crippen LogP contribution in [-0.2, 0) is 0 Å². The fourth-order valence-electron chi connectivity index (χ4n) is 3.52. The Morgan fingerprint density at radius 2 is 2.05 bits per heavy atom. The van der Waals surface area contributed by atoms with E-state index in [1.165, 1.54) is 19.3 Å². The van der Waals surface area contributed by atoms with Crippen molar-refractivity contribution in [3.05, 3.63) is 27.3 Å². The average Bonchev–Trinajstić information content (AvgIpc) is 2.89. The Kier molecular flexibility index (Phi) is 3.69. The van der Waals surface area contributed by atoms with Crippen LogP contribution in [0, 0.1) is 9.49 Å². The lowest BCUT2D eigenvalue weighted by Gasteiger charge is -2.37. The number of aromatic hydroxyl groups is 1. The second kappa shape index (κ2) is 5.31. The summed E-state index contributed by atoms with van der Waals surface area (Å²) in [4.78, 5) is 14.7. The summed E-state index contributed by atoms with van der Waals surface area (Å²) in [6.07, 6.45) is 6.05. The first-order valence-corrected chi connectivity index (χ1v) is 8.04. The lowest BCUT2D eigenvalue weighted by Crippen LogP contribution is -2.46. The summed E-state index contributed by atoms with van der Waals surface area (Å²) in [5.41, 5.74) is 0.616. The van der Waals surface area contributed by atoms with E-state index < -0.39 is 0 Å². The molecule has 1 heterocycles. The van der Waals surface area contributed by atoms with Crippen molar-refractivity contribution in [2.45, 2.75) is 38.1 Å². The largest absolute Gasteiger partial charge is 0.507 e. The molecule has 4 heteroatoms. The number of likely N-dealkylation sites (tertiary alicyclic amines) is 1. The number of fused-ring (bicyclic) bond motifs is 1. The van der Waals surface area contributed by atoms with E-state index in [0.29, 0.717) is 17.5 Å². The molecule has 2 atom stereocenters. The summed E-state index contributed by atoms with van der Waals surface area (Å²) in [5.74, 6) is 0.991. The molecule has 0 radical (unpaired) electrons. The smallest absolute Gasteiger partial charge is 0.254 e. The molecule has 0 bridgehead atoms. The number of rotatable bonds is 1. The molecule has 2 aliphatic rings. The Hall–Kier alpha value is -0.780. The molecule has 1 aliphatic heterocycles. The molecule has 0 spiro atoms. The molecule has 3 nitrogen and oxygen atoms in total. The molecule has 1 amide bonds. The number of hydrogen-bond donors (Lipinski definition) is 1. The van der Waals surface area contributed by atoms with E-state index in [1.54, 1.807) is 12.1 Å². The van der Waals surface area contributed by atoms with Crippen LogP contribution in [-0.4, -0.2) is 28.5 Å². The van der Waals surface area contributed by atoms with Crippen molar-refractivity contribution >= 4 is 28.5 Å². The quantitative estimate of drug-likeness (QED) is 0.769. The van der Waals surface area contributed by atoms with Gasteiger partial charge in [-0.2, -0.15) is 0 Å². The molecule has 2 fully saturated rings. The lowest BCUT2D eigenvalue weighted by molar-refractivity contribution is 0.0548. The van der Waals surface area contributed by atoms with E-state index >= 15 is 0 Å². The maximum atomic E-state index is 12.6. The topological polar surface area (TPSA) is 40.5 Å². The third kappa shape index (κ3) is 2.47. The molecule has 1 aromatic carbocycles. The highest BCUT2D eigenvalue weighted by Crippen LogP contribution is 2.37.